The van der Waals surface area contributed by atoms with Gasteiger partial charge in [0.1, 0.15) is 12.6 Å². The van der Waals surface area contributed by atoms with Crippen LogP contribution >= 0.6 is 7.81 Å². The van der Waals surface area contributed by atoms with Crippen molar-refractivity contribution in [1.82, 2.24) is 15.1 Å². The monoisotopic (exact) mass is 350 g/mol. The van der Waals surface area contributed by atoms with Gasteiger partial charge in [0.15, 0.2) is 10.7 Å². The number of aromatic nitrogens is 3. The molecule has 0 saturated carbocycles. The molecular formula is C10H13F6N4OP. The first-order chi connectivity index (χ1) is 9.47. The fourth-order valence-corrected chi connectivity index (χ4v) is 1.67. The van der Waals surface area contributed by atoms with Crippen molar-refractivity contribution < 1.29 is 30.1 Å². The molecule has 0 N–H and O–H groups in total. The van der Waals surface area contributed by atoms with Crippen LogP contribution in [0.2, 0.25) is 0 Å². The van der Waals surface area contributed by atoms with E-state index in [9.17, 15) is 30.1 Å². The normalized spacial score (nSPS) is 14.8. The van der Waals surface area contributed by atoms with Crippen LogP contribution in [0.1, 0.15) is 16.7 Å². The van der Waals surface area contributed by atoms with Gasteiger partial charge in [-0.3, -0.25) is 0 Å². The van der Waals surface area contributed by atoms with Crippen molar-refractivity contribution in [3.8, 4) is 0 Å². The zero-order chi connectivity index (χ0) is 17.6. The summed E-state index contributed by atoms with van der Waals surface area (Å²) in [6, 6.07) is 1.94. The summed E-state index contributed by atoms with van der Waals surface area (Å²) < 4.78 is 59.2. The first kappa shape index (κ1) is 18.3. The second kappa shape index (κ2) is 4.61. The molecule has 126 valence electrons. The molecule has 0 radical (unpaired) electrons. The van der Waals surface area contributed by atoms with E-state index in [1.54, 1.807) is 0 Å². The number of hydrogen-bond acceptors (Lipinski definition) is 3. The third-order valence-corrected chi connectivity index (χ3v) is 2.82. The average Bonchev–Trinajstić information content (AvgIpc) is 2.65. The molecule has 0 amide bonds. The van der Waals surface area contributed by atoms with E-state index in [4.69, 9.17) is 0 Å². The van der Waals surface area contributed by atoms with Crippen molar-refractivity contribution in [2.24, 2.45) is 0 Å². The molecule has 0 aliphatic rings. The second-order valence-electron chi connectivity index (χ2n) is 4.71. The third kappa shape index (κ3) is 5.55. The summed E-state index contributed by atoms with van der Waals surface area (Å²) >= 11 is 0. The van der Waals surface area contributed by atoms with Crippen molar-refractivity contribution in [2.45, 2.75) is 20.8 Å². The predicted molar refractivity (Wildman–Crippen MR) is 70.3 cm³/mol. The summed E-state index contributed by atoms with van der Waals surface area (Å²) in [6.07, 6.45) is 0. The van der Waals surface area contributed by atoms with Crippen LogP contribution in [0.4, 0.5) is 25.2 Å². The molecule has 0 atom stereocenters. The minimum absolute atomic E-state index is 0.670. The molecule has 0 aliphatic heterocycles. The summed E-state index contributed by atoms with van der Waals surface area (Å²) in [6.45, 7) is 6.06. The van der Waals surface area contributed by atoms with Gasteiger partial charge in [-0.05, 0) is 53.5 Å². The molecule has 0 fully saturated rings. The van der Waals surface area contributed by atoms with E-state index in [2.05, 4.69) is 10.3 Å². The Balaban J connectivity index is 0.000000295. The van der Waals surface area contributed by atoms with Crippen LogP contribution in [0, 0.1) is 25.7 Å². The van der Waals surface area contributed by atoms with Gasteiger partial charge in [0.25, 0.3) is 0 Å². The SMILES string of the molecule is Cc1cc2c(nnn2[N+](C)=O)c(C)c1C.F[P-](F)(F)(F)(F)F. The molecule has 1 aromatic carbocycles. The summed E-state index contributed by atoms with van der Waals surface area (Å²) in [4.78, 5) is 13.1. The molecule has 2 aromatic rings. The van der Waals surface area contributed by atoms with Gasteiger partial charge in [0.2, 0.25) is 0 Å². The van der Waals surface area contributed by atoms with Gasteiger partial charge in [-0.1, -0.05) is 0 Å². The van der Waals surface area contributed by atoms with E-state index >= 15 is 0 Å². The standard InChI is InChI=1S/C10H13N4O.F6P/c1-6-5-9-10(8(3)7(6)2)11-12-14(9)13(4)15;1-7(2,3,4,5)6/h5H,1-4H3;/q+1;-1. The minimum atomic E-state index is -10.7. The number of nitrogens with zero attached hydrogens (tertiary/aromatic N) is 4. The Hall–Kier alpha value is -1.77. The number of nitroso groups, excluding NO2 is 1. The van der Waals surface area contributed by atoms with E-state index in [-0.39, 0.29) is 0 Å². The first-order valence-corrected chi connectivity index (χ1v) is 7.80. The Morgan fingerprint density at radius 1 is 1.05 bits per heavy atom. The summed E-state index contributed by atoms with van der Waals surface area (Å²) in [5, 5.41) is 7.83. The summed E-state index contributed by atoms with van der Waals surface area (Å²) in [5.74, 6) is 0. The molecule has 0 saturated heterocycles. The Morgan fingerprint density at radius 3 is 1.91 bits per heavy atom. The maximum absolute atomic E-state index is 11.2. The molecule has 1 aromatic heterocycles. The van der Waals surface area contributed by atoms with Gasteiger partial charge in [0.05, 0.1) is 9.66 Å². The molecule has 1 heterocycles. The molecule has 12 heteroatoms. The van der Waals surface area contributed by atoms with Crippen LogP contribution < -0.4 is 0 Å². The van der Waals surface area contributed by atoms with Gasteiger partial charge in [-0.15, -0.1) is 0 Å². The zero-order valence-electron chi connectivity index (χ0n) is 12.0. The van der Waals surface area contributed by atoms with E-state index in [1.165, 1.54) is 17.4 Å². The number of fused-ring (bicyclic) bond motifs is 1. The molecule has 0 spiro atoms. The Labute approximate surface area is 120 Å². The fourth-order valence-electron chi connectivity index (χ4n) is 1.67. The Kier molecular flexibility index (Phi) is 3.83. The van der Waals surface area contributed by atoms with E-state index in [0.29, 0.717) is 4.87 Å². The maximum atomic E-state index is 11.2. The van der Waals surface area contributed by atoms with Crippen LogP contribution in [0.5, 0.6) is 0 Å². The van der Waals surface area contributed by atoms with Gasteiger partial charge in [-0.25, -0.2) is 0 Å². The molecule has 0 bridgehead atoms. The number of hydrogen-bond donors (Lipinski definition) is 0. The quantitative estimate of drug-likeness (QED) is 0.417. The van der Waals surface area contributed by atoms with Crippen molar-refractivity contribution in [3.63, 3.8) is 0 Å². The van der Waals surface area contributed by atoms with Gasteiger partial charge in [0, 0.05) is 0 Å². The molecule has 0 aliphatic carbocycles. The first-order valence-electron chi connectivity index (χ1n) is 5.77. The van der Waals surface area contributed by atoms with Crippen molar-refractivity contribution in [3.05, 3.63) is 27.7 Å². The van der Waals surface area contributed by atoms with Crippen molar-refractivity contribution in [2.75, 3.05) is 7.05 Å². The summed E-state index contributed by atoms with van der Waals surface area (Å²) in [7, 11) is -9.26. The van der Waals surface area contributed by atoms with Gasteiger partial charge >= 0.3 is 33.0 Å². The van der Waals surface area contributed by atoms with Gasteiger partial charge < -0.3 is 0 Å². The molecule has 0 unspecified atom stereocenters. The Bertz CT molecular complexity index is 741. The van der Waals surface area contributed by atoms with E-state index in [0.717, 1.165) is 22.2 Å². The van der Waals surface area contributed by atoms with E-state index in [1.807, 2.05) is 26.8 Å². The van der Waals surface area contributed by atoms with Crippen LogP contribution in [-0.4, -0.2) is 27.0 Å². The van der Waals surface area contributed by atoms with Crippen LogP contribution in [-0.2, 0) is 0 Å². The van der Waals surface area contributed by atoms with Gasteiger partial charge in [-0.2, -0.15) is 0 Å². The van der Waals surface area contributed by atoms with Crippen LogP contribution in [0.15, 0.2) is 6.07 Å². The zero-order valence-corrected chi connectivity index (χ0v) is 12.9. The van der Waals surface area contributed by atoms with Crippen molar-refractivity contribution >= 4 is 18.8 Å². The molecule has 2 rings (SSSR count). The Morgan fingerprint density at radius 2 is 1.50 bits per heavy atom. The van der Waals surface area contributed by atoms with Crippen LogP contribution in [0.3, 0.4) is 0 Å². The van der Waals surface area contributed by atoms with Crippen molar-refractivity contribution in [1.29, 1.82) is 0 Å². The molecule has 22 heavy (non-hydrogen) atoms. The van der Waals surface area contributed by atoms with Crippen LogP contribution in [0.25, 0.3) is 11.0 Å². The number of aryl methyl sites for hydroxylation is 2. The number of benzene rings is 1. The summed E-state index contributed by atoms with van der Waals surface area (Å²) in [5.41, 5.74) is 4.97. The molecule has 5 nitrogen and oxygen atoms in total. The number of halogens is 6. The average molecular weight is 350 g/mol. The molecular weight excluding hydrogens is 337 g/mol. The number of rotatable bonds is 1. The fraction of sp³-hybridized carbons (Fsp3) is 0.400. The topological polar surface area (TPSA) is 50.8 Å². The van der Waals surface area contributed by atoms with E-state index < -0.39 is 7.81 Å². The predicted octanol–water partition coefficient (Wildman–Crippen LogP) is 4.91. The third-order valence-electron chi connectivity index (χ3n) is 2.82. The second-order valence-corrected chi connectivity index (χ2v) is 6.63.